The summed E-state index contributed by atoms with van der Waals surface area (Å²) in [5.74, 6) is 1.42. The average molecular weight is 354 g/mol. The summed E-state index contributed by atoms with van der Waals surface area (Å²) in [6.07, 6.45) is 14.0. The van der Waals surface area contributed by atoms with Gasteiger partial charge >= 0.3 is 0 Å². The molecule has 0 aromatic carbocycles. The van der Waals surface area contributed by atoms with E-state index in [1.165, 1.54) is 19.3 Å². The number of hydrogen-bond donors (Lipinski definition) is 1. The van der Waals surface area contributed by atoms with E-state index < -0.39 is 0 Å². The van der Waals surface area contributed by atoms with Crippen molar-refractivity contribution in [3.8, 4) is 0 Å². The topological polar surface area (TPSA) is 77.6 Å². The van der Waals surface area contributed by atoms with E-state index in [0.29, 0.717) is 18.4 Å². The molecule has 1 N–H and O–H groups in total. The maximum absolute atomic E-state index is 13.0. The van der Waals surface area contributed by atoms with Crippen LogP contribution in [0.15, 0.2) is 31.1 Å². The van der Waals surface area contributed by atoms with Crippen molar-refractivity contribution in [3.63, 3.8) is 0 Å². The largest absolute Gasteiger partial charge is 0.350 e. The van der Waals surface area contributed by atoms with E-state index in [9.17, 15) is 4.79 Å². The lowest BCUT2D eigenvalue weighted by molar-refractivity contribution is -0.134. The molecule has 3 atom stereocenters. The van der Waals surface area contributed by atoms with Gasteiger partial charge in [-0.2, -0.15) is 10.2 Å². The quantitative estimate of drug-likeness (QED) is 0.890. The summed E-state index contributed by atoms with van der Waals surface area (Å²) in [5.41, 5.74) is -0.0371. The Kier molecular flexibility index (Phi) is 3.49. The first-order chi connectivity index (χ1) is 12.6. The second kappa shape index (κ2) is 5.66. The molecule has 26 heavy (non-hydrogen) atoms. The molecule has 2 aromatic rings. The van der Waals surface area contributed by atoms with Crippen LogP contribution in [-0.4, -0.2) is 36.0 Å². The van der Waals surface area contributed by atoms with Crippen molar-refractivity contribution in [2.24, 2.45) is 17.8 Å². The minimum Gasteiger partial charge on any atom is -0.350 e. The molecule has 4 bridgehead atoms. The summed E-state index contributed by atoms with van der Waals surface area (Å²) in [4.78, 5) is 17.1. The fourth-order valence-corrected chi connectivity index (χ4v) is 6.24. The van der Waals surface area contributed by atoms with Gasteiger partial charge in [0, 0.05) is 17.9 Å². The molecule has 0 aliphatic heterocycles. The summed E-state index contributed by atoms with van der Waals surface area (Å²) < 4.78 is 3.92. The Balaban J connectivity index is 1.36. The van der Waals surface area contributed by atoms with Gasteiger partial charge in [0.25, 0.3) is 0 Å². The van der Waals surface area contributed by atoms with E-state index in [2.05, 4.69) is 25.2 Å². The molecule has 6 rings (SSSR count). The summed E-state index contributed by atoms with van der Waals surface area (Å²) in [7, 11) is 0. The molecule has 2 aromatic heterocycles. The van der Waals surface area contributed by atoms with E-state index in [-0.39, 0.29) is 22.9 Å². The van der Waals surface area contributed by atoms with Crippen molar-refractivity contribution in [3.05, 3.63) is 31.1 Å². The zero-order valence-electron chi connectivity index (χ0n) is 15.2. The van der Waals surface area contributed by atoms with Crippen LogP contribution in [0.2, 0.25) is 0 Å². The highest BCUT2D eigenvalue weighted by molar-refractivity contribution is 5.79. The van der Waals surface area contributed by atoms with Crippen molar-refractivity contribution in [2.45, 2.75) is 63.1 Å². The molecule has 1 amide bonds. The fraction of sp³-hybridized carbons (Fsp3) is 0.684. The third-order valence-electron chi connectivity index (χ3n) is 6.79. The molecule has 0 radical (unpaired) electrons. The van der Waals surface area contributed by atoms with Crippen LogP contribution in [0.4, 0.5) is 0 Å². The first kappa shape index (κ1) is 16.0. The average Bonchev–Trinajstić information content (AvgIpc) is 3.27. The lowest BCUT2D eigenvalue weighted by Gasteiger charge is -2.62. The summed E-state index contributed by atoms with van der Waals surface area (Å²) in [5, 5.41) is 12.2. The van der Waals surface area contributed by atoms with Crippen molar-refractivity contribution in [1.82, 2.24) is 29.9 Å². The Labute approximate surface area is 153 Å². The van der Waals surface area contributed by atoms with Gasteiger partial charge < -0.3 is 5.32 Å². The van der Waals surface area contributed by atoms with Gasteiger partial charge in [0.2, 0.25) is 5.91 Å². The smallest absolute Gasteiger partial charge is 0.225 e. The lowest BCUT2D eigenvalue weighted by atomic mass is 9.50. The SMILES string of the molecule is CC(Cn1cccn1)C(=O)NC12CC3CC(C1)CC(n1cncn1)(C3)C2. The lowest BCUT2D eigenvalue weighted by Crippen LogP contribution is -2.66. The van der Waals surface area contributed by atoms with Crippen LogP contribution in [0.3, 0.4) is 0 Å². The van der Waals surface area contributed by atoms with Gasteiger partial charge in [-0.05, 0) is 56.4 Å². The minimum absolute atomic E-state index is 0.0408. The molecule has 7 heteroatoms. The molecule has 0 saturated heterocycles. The van der Waals surface area contributed by atoms with Gasteiger partial charge in [-0.15, -0.1) is 0 Å². The highest BCUT2D eigenvalue weighted by atomic mass is 16.2. The fourth-order valence-electron chi connectivity index (χ4n) is 6.24. The maximum atomic E-state index is 13.0. The van der Waals surface area contributed by atoms with Gasteiger partial charge in [0.15, 0.2) is 0 Å². The van der Waals surface area contributed by atoms with Crippen LogP contribution >= 0.6 is 0 Å². The van der Waals surface area contributed by atoms with Crippen molar-refractivity contribution in [2.75, 3.05) is 0 Å². The summed E-state index contributed by atoms with van der Waals surface area (Å²) in [6.45, 7) is 2.61. The second-order valence-corrected chi connectivity index (χ2v) is 8.92. The number of amides is 1. The van der Waals surface area contributed by atoms with Gasteiger partial charge in [-0.3, -0.25) is 9.48 Å². The standard InChI is InChI=1S/C19H26N6O/c1-14(10-24-4-2-3-21-24)17(26)23-18-6-15-5-16(7-18)9-19(8-15,11-18)25-13-20-12-22-25/h2-4,12-16H,5-11H2,1H3,(H,23,26). The molecule has 138 valence electrons. The molecule has 0 spiro atoms. The van der Waals surface area contributed by atoms with Crippen molar-refractivity contribution in [1.29, 1.82) is 0 Å². The van der Waals surface area contributed by atoms with Crippen LogP contribution in [-0.2, 0) is 16.9 Å². The first-order valence-electron chi connectivity index (χ1n) is 9.70. The number of carbonyl (C=O) groups excluding carboxylic acids is 1. The molecule has 4 fully saturated rings. The van der Waals surface area contributed by atoms with E-state index in [4.69, 9.17) is 0 Å². The number of hydrogen-bond acceptors (Lipinski definition) is 4. The van der Waals surface area contributed by atoms with E-state index in [1.807, 2.05) is 30.2 Å². The van der Waals surface area contributed by atoms with Gasteiger partial charge in [0.1, 0.15) is 12.7 Å². The highest BCUT2D eigenvalue weighted by Crippen LogP contribution is 2.60. The number of aromatic nitrogens is 5. The normalized spacial score (nSPS) is 36.2. The highest BCUT2D eigenvalue weighted by Gasteiger charge is 2.59. The molecule has 4 saturated carbocycles. The Hall–Kier alpha value is -2.18. The van der Waals surface area contributed by atoms with Gasteiger partial charge in [0.05, 0.1) is 18.0 Å². The van der Waals surface area contributed by atoms with E-state index in [1.54, 1.807) is 12.5 Å². The van der Waals surface area contributed by atoms with Crippen LogP contribution in [0.25, 0.3) is 0 Å². The molecule has 4 aliphatic carbocycles. The Bertz CT molecular complexity index is 769. The zero-order chi connectivity index (χ0) is 17.8. The third kappa shape index (κ3) is 2.56. The summed E-state index contributed by atoms with van der Waals surface area (Å²) >= 11 is 0. The number of nitrogens with one attached hydrogen (secondary N) is 1. The zero-order valence-corrected chi connectivity index (χ0v) is 15.2. The van der Waals surface area contributed by atoms with Crippen LogP contribution in [0.5, 0.6) is 0 Å². The van der Waals surface area contributed by atoms with Crippen LogP contribution < -0.4 is 5.32 Å². The molecular weight excluding hydrogens is 328 g/mol. The predicted molar refractivity (Wildman–Crippen MR) is 94.9 cm³/mol. The summed E-state index contributed by atoms with van der Waals surface area (Å²) in [6, 6.07) is 1.89. The Morgan fingerprint density at radius 3 is 2.73 bits per heavy atom. The van der Waals surface area contributed by atoms with Crippen LogP contribution in [0, 0.1) is 17.8 Å². The Morgan fingerprint density at radius 2 is 2.08 bits per heavy atom. The number of carbonyl (C=O) groups is 1. The Morgan fingerprint density at radius 1 is 1.27 bits per heavy atom. The van der Waals surface area contributed by atoms with Crippen molar-refractivity contribution >= 4 is 5.91 Å². The van der Waals surface area contributed by atoms with Gasteiger partial charge in [-0.1, -0.05) is 6.92 Å². The maximum Gasteiger partial charge on any atom is 0.225 e. The first-order valence-corrected chi connectivity index (χ1v) is 9.70. The monoisotopic (exact) mass is 354 g/mol. The molecular formula is C19H26N6O. The minimum atomic E-state index is -0.0924. The van der Waals surface area contributed by atoms with E-state index in [0.717, 1.165) is 19.3 Å². The molecule has 2 heterocycles. The van der Waals surface area contributed by atoms with Gasteiger partial charge in [-0.25, -0.2) is 9.67 Å². The molecule has 3 unspecified atom stereocenters. The predicted octanol–water partition coefficient (Wildman–Crippen LogP) is 1.97. The van der Waals surface area contributed by atoms with E-state index >= 15 is 0 Å². The van der Waals surface area contributed by atoms with Crippen molar-refractivity contribution < 1.29 is 4.79 Å². The second-order valence-electron chi connectivity index (χ2n) is 8.92. The number of rotatable bonds is 5. The molecule has 4 aliphatic rings. The number of nitrogens with zero attached hydrogens (tertiary/aromatic N) is 5. The third-order valence-corrected chi connectivity index (χ3v) is 6.79. The van der Waals surface area contributed by atoms with Crippen LogP contribution in [0.1, 0.15) is 45.4 Å². The molecule has 7 nitrogen and oxygen atoms in total.